The fourth-order valence-corrected chi connectivity index (χ4v) is 5.21. The molecular weight excluding hydrogens is 430 g/mol. The second-order valence-electron chi connectivity index (χ2n) is 9.45. The molecule has 0 radical (unpaired) electrons. The Balaban J connectivity index is 1.11. The molecule has 2 aliphatic heterocycles. The predicted octanol–water partition coefficient (Wildman–Crippen LogP) is 3.91. The number of non-ortho nitro benzene ring substituents is 1. The van der Waals surface area contributed by atoms with Gasteiger partial charge in [-0.1, -0.05) is 0 Å². The van der Waals surface area contributed by atoms with Crippen molar-refractivity contribution in [1.82, 2.24) is 14.8 Å². The normalized spacial score (nSPS) is 19.7. The summed E-state index contributed by atoms with van der Waals surface area (Å²) in [5, 5.41) is 12.1. The molecule has 3 heterocycles. The first-order valence-corrected chi connectivity index (χ1v) is 12.2. The molecule has 8 nitrogen and oxygen atoms in total. The highest BCUT2D eigenvalue weighted by molar-refractivity contribution is 5.84. The monoisotopic (exact) mass is 463 g/mol. The third kappa shape index (κ3) is 5.03. The van der Waals surface area contributed by atoms with Crippen LogP contribution >= 0.6 is 0 Å². The van der Waals surface area contributed by atoms with Crippen molar-refractivity contribution < 1.29 is 9.66 Å². The van der Waals surface area contributed by atoms with Gasteiger partial charge in [0.25, 0.3) is 5.69 Å². The topological polar surface area (TPSA) is 77.9 Å². The van der Waals surface area contributed by atoms with E-state index in [1.54, 1.807) is 12.1 Å². The molecular formula is C26H33N5O3. The van der Waals surface area contributed by atoms with Crippen LogP contribution in [0.25, 0.3) is 10.9 Å². The SMILES string of the molecule is CN1CCC[C@@H]1Cc1c[nH]c2ccc(OCCN3CCN(c4ccc([N+](=O)[O-])cc4)CC3)cc12. The number of H-pyrrole nitrogens is 1. The third-order valence-electron chi connectivity index (χ3n) is 7.34. The van der Waals surface area contributed by atoms with Crippen molar-refractivity contribution in [2.45, 2.75) is 25.3 Å². The van der Waals surface area contributed by atoms with E-state index in [-0.39, 0.29) is 10.6 Å². The quantitative estimate of drug-likeness (QED) is 0.403. The Kier molecular flexibility index (Phi) is 6.69. The molecule has 1 N–H and O–H groups in total. The van der Waals surface area contributed by atoms with E-state index < -0.39 is 0 Å². The smallest absolute Gasteiger partial charge is 0.269 e. The van der Waals surface area contributed by atoms with Crippen LogP contribution in [-0.4, -0.2) is 78.7 Å². The number of nitro groups is 1. The number of likely N-dealkylation sites (N-methyl/N-ethyl adjacent to an activating group) is 1. The van der Waals surface area contributed by atoms with Gasteiger partial charge >= 0.3 is 0 Å². The lowest BCUT2D eigenvalue weighted by Crippen LogP contribution is -2.47. The maximum atomic E-state index is 10.9. The maximum absolute atomic E-state index is 10.9. The highest BCUT2D eigenvalue weighted by Crippen LogP contribution is 2.28. The number of ether oxygens (including phenoxy) is 1. The number of benzene rings is 2. The van der Waals surface area contributed by atoms with E-state index in [0.29, 0.717) is 12.6 Å². The fourth-order valence-electron chi connectivity index (χ4n) is 5.21. The average molecular weight is 464 g/mol. The molecule has 1 aromatic heterocycles. The highest BCUT2D eigenvalue weighted by Gasteiger charge is 2.22. The summed E-state index contributed by atoms with van der Waals surface area (Å²) in [6, 6.07) is 13.8. The number of nitrogens with one attached hydrogen (secondary N) is 1. The van der Waals surface area contributed by atoms with Crippen LogP contribution in [-0.2, 0) is 6.42 Å². The zero-order valence-electron chi connectivity index (χ0n) is 19.8. The van der Waals surface area contributed by atoms with Crippen LogP contribution in [0, 0.1) is 10.1 Å². The molecule has 1 atom stereocenters. The number of nitro benzene ring substituents is 1. The van der Waals surface area contributed by atoms with E-state index in [2.05, 4.69) is 51.1 Å². The minimum atomic E-state index is -0.357. The van der Waals surface area contributed by atoms with Gasteiger partial charge in [0.1, 0.15) is 12.4 Å². The van der Waals surface area contributed by atoms with Crippen molar-refractivity contribution in [2.24, 2.45) is 0 Å². The van der Waals surface area contributed by atoms with Crippen LogP contribution in [0.3, 0.4) is 0 Å². The third-order valence-corrected chi connectivity index (χ3v) is 7.34. The molecule has 180 valence electrons. The van der Waals surface area contributed by atoms with Crippen molar-refractivity contribution in [3.63, 3.8) is 0 Å². The van der Waals surface area contributed by atoms with Crippen molar-refractivity contribution in [3.8, 4) is 5.75 Å². The Bertz CT molecular complexity index is 1120. The lowest BCUT2D eigenvalue weighted by atomic mass is 10.0. The summed E-state index contributed by atoms with van der Waals surface area (Å²) >= 11 is 0. The number of aromatic amines is 1. The summed E-state index contributed by atoms with van der Waals surface area (Å²) in [6.45, 7) is 6.47. The van der Waals surface area contributed by atoms with Crippen LogP contribution in [0.5, 0.6) is 5.75 Å². The first-order valence-electron chi connectivity index (χ1n) is 12.2. The van der Waals surface area contributed by atoms with Gasteiger partial charge in [0.2, 0.25) is 0 Å². The van der Waals surface area contributed by atoms with Gasteiger partial charge in [0, 0.05) is 73.7 Å². The van der Waals surface area contributed by atoms with Crippen LogP contribution < -0.4 is 9.64 Å². The van der Waals surface area contributed by atoms with Crippen molar-refractivity contribution in [3.05, 3.63) is 64.3 Å². The van der Waals surface area contributed by atoms with E-state index >= 15 is 0 Å². The van der Waals surface area contributed by atoms with Gasteiger partial charge in [-0.15, -0.1) is 0 Å². The molecule has 3 aromatic rings. The summed E-state index contributed by atoms with van der Waals surface area (Å²) < 4.78 is 6.14. The molecule has 34 heavy (non-hydrogen) atoms. The van der Waals surface area contributed by atoms with Crippen LogP contribution in [0.4, 0.5) is 11.4 Å². The summed E-state index contributed by atoms with van der Waals surface area (Å²) in [5.41, 5.74) is 3.73. The number of hydrogen-bond donors (Lipinski definition) is 1. The molecule has 0 amide bonds. The number of nitrogens with zero attached hydrogens (tertiary/aromatic N) is 4. The first kappa shape index (κ1) is 22.7. The van der Waals surface area contributed by atoms with Crippen molar-refractivity contribution >= 4 is 22.3 Å². The predicted molar refractivity (Wildman–Crippen MR) is 135 cm³/mol. The molecule has 0 spiro atoms. The highest BCUT2D eigenvalue weighted by atomic mass is 16.6. The Morgan fingerprint density at radius 3 is 2.59 bits per heavy atom. The van der Waals surface area contributed by atoms with Crippen molar-refractivity contribution in [2.75, 3.05) is 57.8 Å². The van der Waals surface area contributed by atoms with E-state index in [1.165, 1.54) is 35.9 Å². The fraction of sp³-hybridized carbons (Fsp3) is 0.462. The van der Waals surface area contributed by atoms with E-state index in [0.717, 1.165) is 50.6 Å². The Morgan fingerprint density at radius 2 is 1.88 bits per heavy atom. The second kappa shape index (κ2) is 10.0. The minimum absolute atomic E-state index is 0.135. The van der Waals surface area contributed by atoms with Crippen LogP contribution in [0.15, 0.2) is 48.7 Å². The molecule has 5 rings (SSSR count). The number of rotatable bonds is 8. The zero-order valence-corrected chi connectivity index (χ0v) is 19.8. The number of likely N-dealkylation sites (tertiary alicyclic amines) is 1. The summed E-state index contributed by atoms with van der Waals surface area (Å²) in [5.74, 6) is 0.928. The van der Waals surface area contributed by atoms with Crippen LogP contribution in [0.1, 0.15) is 18.4 Å². The number of fused-ring (bicyclic) bond motifs is 1. The molecule has 2 fully saturated rings. The average Bonchev–Trinajstić information content (AvgIpc) is 3.45. The first-order chi connectivity index (χ1) is 16.6. The van der Waals surface area contributed by atoms with E-state index in [9.17, 15) is 10.1 Å². The minimum Gasteiger partial charge on any atom is -0.492 e. The molecule has 8 heteroatoms. The molecule has 0 aliphatic carbocycles. The lowest BCUT2D eigenvalue weighted by molar-refractivity contribution is -0.384. The van der Waals surface area contributed by atoms with Crippen LogP contribution in [0.2, 0.25) is 0 Å². The molecule has 2 saturated heterocycles. The summed E-state index contributed by atoms with van der Waals surface area (Å²) in [4.78, 5) is 21.1. The molecule has 2 aromatic carbocycles. The van der Waals surface area contributed by atoms with Gasteiger partial charge in [-0.2, -0.15) is 0 Å². The number of aromatic nitrogens is 1. The number of piperazine rings is 1. The second-order valence-corrected chi connectivity index (χ2v) is 9.45. The van der Waals surface area contributed by atoms with E-state index in [1.807, 2.05) is 12.1 Å². The van der Waals surface area contributed by atoms with Gasteiger partial charge in [-0.3, -0.25) is 15.0 Å². The standard InChI is InChI=1S/C26H33N5O3/c1-28-10-2-3-23(28)17-20-19-27-26-9-8-24(18-25(20)26)34-16-15-29-11-13-30(14-12-29)21-4-6-22(7-5-21)31(32)33/h4-9,18-19,23,27H,2-3,10-17H2,1H3/t23-/m1/s1. The summed E-state index contributed by atoms with van der Waals surface area (Å²) in [6.07, 6.45) is 5.81. The van der Waals surface area contributed by atoms with Gasteiger partial charge in [0.15, 0.2) is 0 Å². The lowest BCUT2D eigenvalue weighted by Gasteiger charge is -2.36. The molecule has 2 aliphatic rings. The number of hydrogen-bond acceptors (Lipinski definition) is 6. The van der Waals surface area contributed by atoms with Gasteiger partial charge < -0.3 is 19.5 Å². The Labute approximate surface area is 200 Å². The van der Waals surface area contributed by atoms with E-state index in [4.69, 9.17) is 4.74 Å². The molecule has 0 unspecified atom stereocenters. The molecule has 0 bridgehead atoms. The Hall–Kier alpha value is -3.10. The van der Waals surface area contributed by atoms with Crippen molar-refractivity contribution in [1.29, 1.82) is 0 Å². The maximum Gasteiger partial charge on any atom is 0.269 e. The number of anilines is 1. The van der Waals surface area contributed by atoms with Gasteiger partial charge in [0.05, 0.1) is 4.92 Å². The largest absolute Gasteiger partial charge is 0.492 e. The summed E-state index contributed by atoms with van der Waals surface area (Å²) in [7, 11) is 2.23. The van der Waals surface area contributed by atoms with Gasteiger partial charge in [-0.05, 0) is 68.8 Å². The molecule has 0 saturated carbocycles. The zero-order chi connectivity index (χ0) is 23.5. The Morgan fingerprint density at radius 1 is 1.09 bits per heavy atom. The van der Waals surface area contributed by atoms with Gasteiger partial charge in [-0.25, -0.2) is 0 Å².